The van der Waals surface area contributed by atoms with Gasteiger partial charge in [0.1, 0.15) is 18.3 Å². The molecular formula is C31H38ClN3O5S. The van der Waals surface area contributed by atoms with E-state index in [2.05, 4.69) is 5.32 Å². The number of carbonyl (C=O) groups is 2. The summed E-state index contributed by atoms with van der Waals surface area (Å²) >= 11 is 6.25. The number of amides is 2. The summed E-state index contributed by atoms with van der Waals surface area (Å²) in [5, 5.41) is 3.46. The van der Waals surface area contributed by atoms with E-state index in [4.69, 9.17) is 16.3 Å². The van der Waals surface area contributed by atoms with E-state index in [9.17, 15) is 18.0 Å². The molecule has 0 fully saturated rings. The quantitative estimate of drug-likeness (QED) is 0.264. The van der Waals surface area contributed by atoms with E-state index < -0.39 is 28.5 Å². The van der Waals surface area contributed by atoms with Gasteiger partial charge in [0.2, 0.25) is 21.8 Å². The number of aryl methyl sites for hydroxylation is 1. The molecule has 220 valence electrons. The monoisotopic (exact) mass is 599 g/mol. The third-order valence-corrected chi connectivity index (χ3v) is 7.99. The average molecular weight is 600 g/mol. The second kappa shape index (κ2) is 14.9. The van der Waals surface area contributed by atoms with Crippen LogP contribution in [0.4, 0.5) is 5.69 Å². The number of nitrogens with zero attached hydrogens (tertiary/aromatic N) is 2. The third-order valence-electron chi connectivity index (χ3n) is 6.62. The van der Waals surface area contributed by atoms with Gasteiger partial charge in [0, 0.05) is 24.5 Å². The normalized spacial score (nSPS) is 11.9. The zero-order valence-electron chi connectivity index (χ0n) is 24.0. The summed E-state index contributed by atoms with van der Waals surface area (Å²) in [6.07, 6.45) is 2.98. The third kappa shape index (κ3) is 9.23. The van der Waals surface area contributed by atoms with Crippen molar-refractivity contribution in [3.05, 3.63) is 94.5 Å². The molecule has 0 radical (unpaired) electrons. The summed E-state index contributed by atoms with van der Waals surface area (Å²) in [5.41, 5.74) is 2.63. The van der Waals surface area contributed by atoms with Crippen molar-refractivity contribution in [2.75, 3.05) is 30.8 Å². The molecule has 1 atom stereocenters. The van der Waals surface area contributed by atoms with Crippen molar-refractivity contribution >= 4 is 39.1 Å². The number of hydrogen-bond donors (Lipinski definition) is 1. The minimum atomic E-state index is -3.91. The Morgan fingerprint density at radius 3 is 2.34 bits per heavy atom. The highest BCUT2D eigenvalue weighted by Crippen LogP contribution is 2.31. The van der Waals surface area contributed by atoms with Crippen LogP contribution in [0.1, 0.15) is 36.5 Å². The molecule has 3 rings (SSSR count). The minimum absolute atomic E-state index is 0.0562. The molecule has 2 amide bonds. The van der Waals surface area contributed by atoms with Gasteiger partial charge in [-0.05, 0) is 54.3 Å². The molecule has 0 bridgehead atoms. The van der Waals surface area contributed by atoms with Gasteiger partial charge >= 0.3 is 0 Å². The van der Waals surface area contributed by atoms with Crippen molar-refractivity contribution in [1.29, 1.82) is 0 Å². The average Bonchev–Trinajstić information content (AvgIpc) is 2.93. The molecule has 0 heterocycles. The molecule has 10 heteroatoms. The number of halogens is 1. The van der Waals surface area contributed by atoms with Gasteiger partial charge < -0.3 is 15.0 Å². The zero-order chi connectivity index (χ0) is 30.0. The number of hydrogen-bond acceptors (Lipinski definition) is 5. The number of ether oxygens (including phenoxy) is 1. The maximum atomic E-state index is 14.2. The van der Waals surface area contributed by atoms with E-state index >= 15 is 0 Å². The van der Waals surface area contributed by atoms with Crippen LogP contribution in [-0.2, 0) is 32.6 Å². The number of rotatable bonds is 14. The Kier molecular flexibility index (Phi) is 11.6. The van der Waals surface area contributed by atoms with Gasteiger partial charge in [-0.1, -0.05) is 73.5 Å². The van der Waals surface area contributed by atoms with E-state index in [0.29, 0.717) is 22.9 Å². The van der Waals surface area contributed by atoms with Crippen molar-refractivity contribution in [3.63, 3.8) is 0 Å². The van der Waals surface area contributed by atoms with Gasteiger partial charge in [-0.15, -0.1) is 0 Å². The molecular weight excluding hydrogens is 562 g/mol. The van der Waals surface area contributed by atoms with Crippen LogP contribution in [-0.4, -0.2) is 57.6 Å². The van der Waals surface area contributed by atoms with Crippen LogP contribution in [0.25, 0.3) is 0 Å². The molecule has 1 N–H and O–H groups in total. The summed E-state index contributed by atoms with van der Waals surface area (Å²) in [7, 11) is -2.47. The smallest absolute Gasteiger partial charge is 0.244 e. The molecule has 0 saturated heterocycles. The summed E-state index contributed by atoms with van der Waals surface area (Å²) in [6, 6.07) is 20.7. The molecule has 3 aromatic carbocycles. The summed E-state index contributed by atoms with van der Waals surface area (Å²) in [5.74, 6) is -0.532. The van der Waals surface area contributed by atoms with Gasteiger partial charge in [-0.2, -0.15) is 0 Å². The Morgan fingerprint density at radius 2 is 1.71 bits per heavy atom. The molecule has 8 nitrogen and oxygen atoms in total. The second-order valence-corrected chi connectivity index (χ2v) is 12.3. The molecule has 0 aliphatic heterocycles. The second-order valence-electron chi connectivity index (χ2n) is 9.95. The fourth-order valence-corrected chi connectivity index (χ4v) is 5.54. The summed E-state index contributed by atoms with van der Waals surface area (Å²) in [4.78, 5) is 29.3. The van der Waals surface area contributed by atoms with E-state index in [0.717, 1.165) is 34.5 Å². The van der Waals surface area contributed by atoms with E-state index in [1.165, 1.54) is 12.0 Å². The van der Waals surface area contributed by atoms with Crippen molar-refractivity contribution in [3.8, 4) is 5.75 Å². The molecule has 0 unspecified atom stereocenters. The highest BCUT2D eigenvalue weighted by atomic mass is 35.5. The molecule has 0 aromatic heterocycles. The number of sulfonamides is 1. The van der Waals surface area contributed by atoms with Crippen molar-refractivity contribution in [2.24, 2.45) is 0 Å². The van der Waals surface area contributed by atoms with Gasteiger partial charge in [-0.25, -0.2) is 8.42 Å². The van der Waals surface area contributed by atoms with E-state index in [1.807, 2.05) is 50.2 Å². The minimum Gasteiger partial charge on any atom is -0.495 e. The summed E-state index contributed by atoms with van der Waals surface area (Å²) < 4.78 is 32.6. The van der Waals surface area contributed by atoms with E-state index in [-0.39, 0.29) is 24.6 Å². The fraction of sp³-hybridized carbons (Fsp3) is 0.355. The molecule has 0 aliphatic rings. The predicted molar refractivity (Wildman–Crippen MR) is 164 cm³/mol. The van der Waals surface area contributed by atoms with Crippen LogP contribution < -0.4 is 14.4 Å². The Balaban J connectivity index is 2.08. The van der Waals surface area contributed by atoms with Gasteiger partial charge in [-0.3, -0.25) is 13.9 Å². The first kappa shape index (κ1) is 32.0. The number of unbranched alkanes of at least 4 members (excludes halogenated alkanes) is 1. The van der Waals surface area contributed by atoms with Gasteiger partial charge in [0.05, 0.1) is 19.1 Å². The van der Waals surface area contributed by atoms with Gasteiger partial charge in [0.15, 0.2) is 0 Å². The first-order chi connectivity index (χ1) is 19.5. The Hall–Kier alpha value is -3.56. The lowest BCUT2D eigenvalue weighted by Gasteiger charge is -2.34. The highest BCUT2D eigenvalue weighted by Gasteiger charge is 2.33. The lowest BCUT2D eigenvalue weighted by molar-refractivity contribution is -0.140. The summed E-state index contributed by atoms with van der Waals surface area (Å²) in [6.45, 7) is 3.86. The van der Waals surface area contributed by atoms with Crippen molar-refractivity contribution in [2.45, 2.75) is 45.7 Å². The number of carbonyl (C=O) groups excluding carboxylic acids is 2. The first-order valence-electron chi connectivity index (χ1n) is 13.5. The lowest BCUT2D eigenvalue weighted by Crippen LogP contribution is -2.53. The maximum Gasteiger partial charge on any atom is 0.244 e. The molecule has 0 spiro atoms. The lowest BCUT2D eigenvalue weighted by atomic mass is 10.0. The maximum absolute atomic E-state index is 14.2. The fourth-order valence-electron chi connectivity index (χ4n) is 4.48. The predicted octanol–water partition coefficient (Wildman–Crippen LogP) is 4.98. The Labute approximate surface area is 248 Å². The molecule has 0 saturated carbocycles. The van der Waals surface area contributed by atoms with Crippen LogP contribution in [0.15, 0.2) is 72.8 Å². The van der Waals surface area contributed by atoms with Gasteiger partial charge in [0.25, 0.3) is 0 Å². The molecule has 41 heavy (non-hydrogen) atoms. The highest BCUT2D eigenvalue weighted by molar-refractivity contribution is 7.92. The SMILES string of the molecule is CCCCNC(=O)[C@H](Cc1ccccc1)N(Cc1cccc(Cl)c1)C(=O)CN(c1cc(C)ccc1OC)S(C)(=O)=O. The van der Waals surface area contributed by atoms with Crippen LogP contribution >= 0.6 is 11.6 Å². The molecule has 3 aromatic rings. The van der Waals surface area contributed by atoms with Crippen molar-refractivity contribution < 1.29 is 22.7 Å². The molecule has 0 aliphatic carbocycles. The Bertz CT molecular complexity index is 1430. The van der Waals surface area contributed by atoms with Crippen LogP contribution in [0.3, 0.4) is 0 Å². The van der Waals surface area contributed by atoms with E-state index in [1.54, 1.807) is 36.4 Å². The van der Waals surface area contributed by atoms with Crippen LogP contribution in [0, 0.1) is 6.92 Å². The zero-order valence-corrected chi connectivity index (χ0v) is 25.5. The largest absolute Gasteiger partial charge is 0.495 e. The topological polar surface area (TPSA) is 96.0 Å². The van der Waals surface area contributed by atoms with Crippen LogP contribution in [0.2, 0.25) is 5.02 Å². The number of benzene rings is 3. The van der Waals surface area contributed by atoms with Crippen LogP contribution in [0.5, 0.6) is 5.75 Å². The Morgan fingerprint density at radius 1 is 1.00 bits per heavy atom. The number of methoxy groups -OCH3 is 1. The number of nitrogens with one attached hydrogen (secondary N) is 1. The standard InChI is InChI=1S/C31H38ClN3O5S/c1-5-6-17-33-31(37)28(20-24-11-8-7-9-12-24)34(21-25-13-10-14-26(32)19-25)30(36)22-35(41(4,38)39)27-18-23(2)15-16-29(27)40-3/h7-16,18-19,28H,5-6,17,20-22H2,1-4H3,(H,33,37)/t28-/m0/s1. The first-order valence-corrected chi connectivity index (χ1v) is 15.7. The number of anilines is 1. The van der Waals surface area contributed by atoms with Crippen molar-refractivity contribution in [1.82, 2.24) is 10.2 Å².